The molecular weight excluding hydrogens is 402 g/mol. The van der Waals surface area contributed by atoms with Crippen LogP contribution in [0.4, 0.5) is 11.4 Å². The molecule has 4 rings (SSSR count). The van der Waals surface area contributed by atoms with Gasteiger partial charge < -0.3 is 15.5 Å². The van der Waals surface area contributed by atoms with Crippen molar-refractivity contribution >= 4 is 23.2 Å². The molecule has 0 radical (unpaired) electrons. The fourth-order valence-electron chi connectivity index (χ4n) is 4.99. The van der Waals surface area contributed by atoms with E-state index in [1.807, 2.05) is 30.3 Å². The molecule has 2 amide bonds. The number of benzene rings is 1. The molecule has 2 aromatic rings. The maximum Gasteiger partial charge on any atom is 0.238 e. The first-order valence-electron chi connectivity index (χ1n) is 11.6. The Balaban J connectivity index is 1.39. The molecule has 2 saturated heterocycles. The first-order chi connectivity index (χ1) is 15.6. The van der Waals surface area contributed by atoms with E-state index in [4.69, 9.17) is 0 Å². The summed E-state index contributed by atoms with van der Waals surface area (Å²) >= 11 is 0. The minimum absolute atomic E-state index is 0.0467. The summed E-state index contributed by atoms with van der Waals surface area (Å²) in [5.41, 5.74) is 2.04. The maximum absolute atomic E-state index is 12.9. The number of hydrogen-bond donors (Lipinski definition) is 2. The van der Waals surface area contributed by atoms with Gasteiger partial charge in [-0.3, -0.25) is 19.5 Å². The summed E-state index contributed by atoms with van der Waals surface area (Å²) in [6, 6.07) is 13.8. The lowest BCUT2D eigenvalue weighted by Crippen LogP contribution is -2.55. The number of hydrogen-bond acceptors (Lipinski definition) is 5. The van der Waals surface area contributed by atoms with Crippen LogP contribution in [0.1, 0.15) is 37.8 Å². The fraction of sp³-hybridized carbons (Fsp3) is 0.480. The van der Waals surface area contributed by atoms with Gasteiger partial charge in [-0.2, -0.15) is 0 Å². The first kappa shape index (κ1) is 22.3. The van der Waals surface area contributed by atoms with Crippen LogP contribution in [0.3, 0.4) is 0 Å². The number of aromatic nitrogens is 1. The van der Waals surface area contributed by atoms with Gasteiger partial charge in [-0.25, -0.2) is 0 Å². The van der Waals surface area contributed by atoms with Gasteiger partial charge >= 0.3 is 0 Å². The Kier molecular flexibility index (Phi) is 7.05. The molecule has 0 bridgehead atoms. The van der Waals surface area contributed by atoms with Gasteiger partial charge in [-0.1, -0.05) is 6.07 Å². The Hall–Kier alpha value is -2.93. The molecule has 3 heterocycles. The van der Waals surface area contributed by atoms with E-state index in [9.17, 15) is 9.59 Å². The van der Waals surface area contributed by atoms with E-state index in [1.165, 1.54) is 24.9 Å². The van der Waals surface area contributed by atoms with Crippen LogP contribution in [0.15, 0.2) is 48.7 Å². The largest absolute Gasteiger partial charge is 0.372 e. The number of carbonyl (C=O) groups excluding carboxylic acids is 2. The third kappa shape index (κ3) is 4.93. The summed E-state index contributed by atoms with van der Waals surface area (Å²) in [4.78, 5) is 34.6. The molecular formula is C25H33N5O2. The molecule has 2 N–H and O–H groups in total. The Morgan fingerprint density at radius 2 is 1.78 bits per heavy atom. The van der Waals surface area contributed by atoms with Crippen LogP contribution in [0.5, 0.6) is 0 Å². The van der Waals surface area contributed by atoms with Crippen molar-refractivity contribution in [3.8, 4) is 0 Å². The summed E-state index contributed by atoms with van der Waals surface area (Å²) in [5.74, 6) is -0.112. The standard InChI is InChI=1S/C25H33N5O2/c1-26-24(32)25(22-8-3-4-14-27-22)13-7-15-29(19-25)18-23(31)28-20-9-11-21(12-10-20)30-16-5-2-6-17-30/h3-4,8-12,14H,2,5-7,13,15-19H2,1H3,(H,26,32)(H,28,31). The zero-order valence-electron chi connectivity index (χ0n) is 18.8. The van der Waals surface area contributed by atoms with Gasteiger partial charge in [0.05, 0.1) is 12.2 Å². The Morgan fingerprint density at radius 1 is 1.00 bits per heavy atom. The second-order valence-corrected chi connectivity index (χ2v) is 8.83. The molecule has 7 heteroatoms. The van der Waals surface area contributed by atoms with Crippen molar-refractivity contribution < 1.29 is 9.59 Å². The van der Waals surface area contributed by atoms with Crippen LogP contribution in [0, 0.1) is 0 Å². The molecule has 7 nitrogen and oxygen atoms in total. The van der Waals surface area contributed by atoms with Gasteiger partial charge in [-0.15, -0.1) is 0 Å². The molecule has 0 saturated carbocycles. The van der Waals surface area contributed by atoms with Crippen LogP contribution in [0.25, 0.3) is 0 Å². The van der Waals surface area contributed by atoms with Crippen molar-refractivity contribution in [2.45, 2.75) is 37.5 Å². The highest BCUT2D eigenvalue weighted by molar-refractivity contribution is 5.93. The summed E-state index contributed by atoms with van der Waals surface area (Å²) in [5, 5.41) is 5.82. The minimum Gasteiger partial charge on any atom is -0.372 e. The number of nitrogens with zero attached hydrogens (tertiary/aromatic N) is 3. The van der Waals surface area contributed by atoms with E-state index >= 15 is 0 Å². The SMILES string of the molecule is CNC(=O)C1(c2ccccn2)CCCN(CC(=O)Nc2ccc(N3CCCCC3)cc2)C1. The smallest absolute Gasteiger partial charge is 0.238 e. The van der Waals surface area contributed by atoms with Gasteiger partial charge in [0.1, 0.15) is 5.41 Å². The van der Waals surface area contributed by atoms with E-state index in [1.54, 1.807) is 13.2 Å². The molecule has 2 aliphatic heterocycles. The number of piperidine rings is 2. The monoisotopic (exact) mass is 435 g/mol. The third-order valence-electron chi connectivity index (χ3n) is 6.63. The van der Waals surface area contributed by atoms with Crippen molar-refractivity contribution in [1.29, 1.82) is 0 Å². The fourth-order valence-corrected chi connectivity index (χ4v) is 4.99. The van der Waals surface area contributed by atoms with Crippen molar-refractivity contribution in [1.82, 2.24) is 15.2 Å². The summed E-state index contributed by atoms with van der Waals surface area (Å²) in [6.45, 7) is 3.71. The topological polar surface area (TPSA) is 77.6 Å². The average Bonchev–Trinajstić information content (AvgIpc) is 2.85. The normalized spacial score (nSPS) is 21.7. The quantitative estimate of drug-likeness (QED) is 0.730. The van der Waals surface area contributed by atoms with Gasteiger partial charge in [0.2, 0.25) is 11.8 Å². The van der Waals surface area contributed by atoms with E-state index in [2.05, 4.69) is 37.6 Å². The molecule has 2 aliphatic rings. The van der Waals surface area contributed by atoms with Crippen molar-refractivity contribution in [2.24, 2.45) is 0 Å². The number of likely N-dealkylation sites (tertiary alicyclic amines) is 1. The molecule has 2 fully saturated rings. The lowest BCUT2D eigenvalue weighted by molar-refractivity contribution is -0.130. The summed E-state index contributed by atoms with van der Waals surface area (Å²) in [6.07, 6.45) is 7.07. The predicted octanol–water partition coefficient (Wildman–Crippen LogP) is 2.79. The van der Waals surface area contributed by atoms with E-state index in [0.717, 1.165) is 43.9 Å². The average molecular weight is 436 g/mol. The second-order valence-electron chi connectivity index (χ2n) is 8.83. The Bertz CT molecular complexity index is 912. The van der Waals surface area contributed by atoms with Gasteiger partial charge in [0.25, 0.3) is 0 Å². The van der Waals surface area contributed by atoms with Crippen LogP contribution < -0.4 is 15.5 Å². The number of nitrogens with one attached hydrogen (secondary N) is 2. The van der Waals surface area contributed by atoms with Crippen LogP contribution in [-0.2, 0) is 15.0 Å². The molecule has 1 aromatic carbocycles. The van der Waals surface area contributed by atoms with Gasteiger partial charge in [0.15, 0.2) is 0 Å². The minimum atomic E-state index is -0.732. The maximum atomic E-state index is 12.9. The summed E-state index contributed by atoms with van der Waals surface area (Å²) < 4.78 is 0. The molecule has 1 aromatic heterocycles. The highest BCUT2D eigenvalue weighted by Crippen LogP contribution is 2.33. The van der Waals surface area contributed by atoms with Crippen molar-refractivity contribution in [3.63, 3.8) is 0 Å². The van der Waals surface area contributed by atoms with E-state index in [-0.39, 0.29) is 18.4 Å². The number of carbonyl (C=O) groups is 2. The number of amides is 2. The van der Waals surface area contributed by atoms with E-state index < -0.39 is 5.41 Å². The first-order valence-corrected chi connectivity index (χ1v) is 11.6. The lowest BCUT2D eigenvalue weighted by atomic mass is 9.75. The van der Waals surface area contributed by atoms with E-state index in [0.29, 0.717) is 6.54 Å². The zero-order valence-corrected chi connectivity index (χ0v) is 18.8. The van der Waals surface area contributed by atoms with Crippen LogP contribution in [-0.4, -0.2) is 61.5 Å². The second kappa shape index (κ2) is 10.1. The van der Waals surface area contributed by atoms with Gasteiger partial charge in [0, 0.05) is 44.3 Å². The van der Waals surface area contributed by atoms with Crippen molar-refractivity contribution in [2.75, 3.05) is 50.0 Å². The molecule has 32 heavy (non-hydrogen) atoms. The zero-order chi connectivity index (χ0) is 22.4. The summed E-state index contributed by atoms with van der Waals surface area (Å²) in [7, 11) is 1.66. The third-order valence-corrected chi connectivity index (χ3v) is 6.63. The molecule has 170 valence electrons. The number of pyridine rings is 1. The van der Waals surface area contributed by atoms with Crippen LogP contribution in [0.2, 0.25) is 0 Å². The number of anilines is 2. The highest BCUT2D eigenvalue weighted by Gasteiger charge is 2.44. The van der Waals surface area contributed by atoms with Crippen molar-refractivity contribution in [3.05, 3.63) is 54.4 Å². The Labute approximate surface area is 190 Å². The number of likely N-dealkylation sites (N-methyl/N-ethyl adjacent to an activating group) is 1. The molecule has 1 unspecified atom stereocenters. The molecule has 0 aliphatic carbocycles. The lowest BCUT2D eigenvalue weighted by Gasteiger charge is -2.40. The Morgan fingerprint density at radius 3 is 2.47 bits per heavy atom. The van der Waals surface area contributed by atoms with Gasteiger partial charge in [-0.05, 0) is 75.0 Å². The highest BCUT2D eigenvalue weighted by atomic mass is 16.2. The van der Waals surface area contributed by atoms with Crippen LogP contribution >= 0.6 is 0 Å². The number of rotatable bonds is 6. The molecule has 0 spiro atoms. The molecule has 1 atom stereocenters. The predicted molar refractivity (Wildman–Crippen MR) is 127 cm³/mol.